The van der Waals surface area contributed by atoms with E-state index in [1.807, 2.05) is 11.0 Å². The van der Waals surface area contributed by atoms with Gasteiger partial charge in [0.05, 0.1) is 54.9 Å². The molecule has 9 heteroatoms. The summed E-state index contributed by atoms with van der Waals surface area (Å²) in [6.07, 6.45) is 2.16. The third kappa shape index (κ3) is 4.26. The molecule has 0 aromatic heterocycles. The van der Waals surface area contributed by atoms with Gasteiger partial charge in [-0.2, -0.15) is 0 Å². The van der Waals surface area contributed by atoms with Crippen molar-refractivity contribution in [1.82, 2.24) is 14.7 Å². The van der Waals surface area contributed by atoms with Crippen LogP contribution in [-0.2, 0) is 20.7 Å². The first-order valence-electron chi connectivity index (χ1n) is 10.4. The second kappa shape index (κ2) is 9.30. The second-order valence-corrected chi connectivity index (χ2v) is 8.90. The summed E-state index contributed by atoms with van der Waals surface area (Å²) in [6, 6.07) is 5.01. The minimum absolute atomic E-state index is 0.0269. The fraction of sp³-hybridized carbons (Fsp3) is 0.619. The fourth-order valence-electron chi connectivity index (χ4n) is 4.94. The molecule has 30 heavy (non-hydrogen) atoms. The Balaban J connectivity index is 1.59. The molecule has 0 N–H and O–H groups in total. The van der Waals surface area contributed by atoms with Crippen LogP contribution in [-0.4, -0.2) is 91.3 Å². The maximum atomic E-state index is 13.4. The van der Waals surface area contributed by atoms with Gasteiger partial charge >= 0.3 is 6.09 Å². The Morgan fingerprint density at radius 1 is 1.03 bits per heavy atom. The van der Waals surface area contributed by atoms with Crippen molar-refractivity contribution in [3.63, 3.8) is 0 Å². The van der Waals surface area contributed by atoms with E-state index in [0.29, 0.717) is 36.3 Å². The first kappa shape index (κ1) is 21.7. The first-order valence-corrected chi connectivity index (χ1v) is 11.1. The molecule has 0 saturated carbocycles. The average Bonchev–Trinajstić information content (AvgIpc) is 3.29. The second-order valence-electron chi connectivity index (χ2n) is 8.08. The standard InChI is InChI=1S/C21H27Cl2N3O4/c1-29-21(28)25-8-9-26(19(27)11-14-4-5-15(22)16(23)10-14)20-17(12-30-13-18(20)25)24-6-2-3-7-24/h4-5,10,17-18,20H,2-3,6-9,11-13H2,1H3/t17-,18?,20+/m0/s1. The van der Waals surface area contributed by atoms with Gasteiger partial charge < -0.3 is 14.4 Å². The summed E-state index contributed by atoms with van der Waals surface area (Å²) in [4.78, 5) is 31.8. The zero-order valence-electron chi connectivity index (χ0n) is 17.1. The van der Waals surface area contributed by atoms with Crippen LogP contribution in [0, 0.1) is 0 Å². The van der Waals surface area contributed by atoms with Gasteiger partial charge in [-0.25, -0.2) is 4.79 Å². The molecule has 3 aliphatic rings. The Labute approximate surface area is 186 Å². The van der Waals surface area contributed by atoms with E-state index in [0.717, 1.165) is 31.5 Å². The SMILES string of the molecule is COC(=O)N1CCN(C(=O)Cc2ccc(Cl)c(Cl)c2)[C@H]2C1COC[C@@H]2N1CCCC1. The number of carbonyl (C=O) groups excluding carboxylic acids is 2. The quantitative estimate of drug-likeness (QED) is 0.700. The van der Waals surface area contributed by atoms with E-state index in [1.165, 1.54) is 7.11 Å². The zero-order chi connectivity index (χ0) is 21.3. The van der Waals surface area contributed by atoms with Crippen molar-refractivity contribution in [3.8, 4) is 0 Å². The van der Waals surface area contributed by atoms with Crippen molar-refractivity contribution in [1.29, 1.82) is 0 Å². The van der Waals surface area contributed by atoms with Crippen LogP contribution in [0.25, 0.3) is 0 Å². The smallest absolute Gasteiger partial charge is 0.409 e. The van der Waals surface area contributed by atoms with Crippen LogP contribution >= 0.6 is 23.2 Å². The van der Waals surface area contributed by atoms with Gasteiger partial charge in [-0.05, 0) is 43.6 Å². The van der Waals surface area contributed by atoms with Gasteiger partial charge in [0, 0.05) is 13.1 Å². The number of piperazine rings is 1. The molecule has 164 valence electrons. The van der Waals surface area contributed by atoms with Crippen molar-refractivity contribution in [2.45, 2.75) is 37.4 Å². The van der Waals surface area contributed by atoms with Gasteiger partial charge in [0.25, 0.3) is 0 Å². The molecule has 3 fully saturated rings. The number of amides is 2. The highest BCUT2D eigenvalue weighted by Crippen LogP contribution is 2.31. The molecule has 3 heterocycles. The largest absolute Gasteiger partial charge is 0.453 e. The maximum Gasteiger partial charge on any atom is 0.409 e. The van der Waals surface area contributed by atoms with Gasteiger partial charge in [0.2, 0.25) is 5.91 Å². The maximum absolute atomic E-state index is 13.4. The Kier molecular flexibility index (Phi) is 6.72. The first-order chi connectivity index (χ1) is 14.5. The summed E-state index contributed by atoms with van der Waals surface area (Å²) in [5, 5.41) is 0.912. The lowest BCUT2D eigenvalue weighted by Crippen LogP contribution is -2.72. The van der Waals surface area contributed by atoms with E-state index in [4.69, 9.17) is 32.7 Å². The summed E-state index contributed by atoms with van der Waals surface area (Å²) < 4.78 is 10.9. The summed E-state index contributed by atoms with van der Waals surface area (Å²) in [6.45, 7) is 3.85. The van der Waals surface area contributed by atoms with Crippen molar-refractivity contribution >= 4 is 35.2 Å². The molecule has 3 atom stereocenters. The van der Waals surface area contributed by atoms with Crippen molar-refractivity contribution < 1.29 is 19.1 Å². The van der Waals surface area contributed by atoms with E-state index >= 15 is 0 Å². The van der Waals surface area contributed by atoms with E-state index in [9.17, 15) is 9.59 Å². The van der Waals surface area contributed by atoms with Gasteiger partial charge in [0.1, 0.15) is 0 Å². The normalized spacial score (nSPS) is 27.1. The van der Waals surface area contributed by atoms with Crippen molar-refractivity contribution in [2.75, 3.05) is 46.5 Å². The van der Waals surface area contributed by atoms with Crippen LogP contribution in [0.5, 0.6) is 0 Å². The Hall–Kier alpha value is -1.54. The number of hydrogen-bond acceptors (Lipinski definition) is 5. The van der Waals surface area contributed by atoms with E-state index in [1.54, 1.807) is 17.0 Å². The number of fused-ring (bicyclic) bond motifs is 1. The molecule has 1 aromatic rings. The summed E-state index contributed by atoms with van der Waals surface area (Å²) >= 11 is 12.1. The monoisotopic (exact) mass is 455 g/mol. The highest BCUT2D eigenvalue weighted by Gasteiger charge is 2.49. The minimum Gasteiger partial charge on any atom is -0.453 e. The number of nitrogens with zero attached hydrogens (tertiary/aromatic N) is 3. The molecule has 0 radical (unpaired) electrons. The number of hydrogen-bond donors (Lipinski definition) is 0. The number of benzene rings is 1. The van der Waals surface area contributed by atoms with Crippen molar-refractivity contribution in [3.05, 3.63) is 33.8 Å². The van der Waals surface area contributed by atoms with Gasteiger partial charge in [-0.1, -0.05) is 29.3 Å². The van der Waals surface area contributed by atoms with Gasteiger partial charge in [-0.15, -0.1) is 0 Å². The van der Waals surface area contributed by atoms with Crippen LogP contribution < -0.4 is 0 Å². The highest BCUT2D eigenvalue weighted by atomic mass is 35.5. The van der Waals surface area contributed by atoms with Crippen molar-refractivity contribution in [2.24, 2.45) is 0 Å². The third-order valence-electron chi connectivity index (χ3n) is 6.39. The molecule has 0 spiro atoms. The van der Waals surface area contributed by atoms with Crippen LogP contribution in [0.15, 0.2) is 18.2 Å². The summed E-state index contributed by atoms with van der Waals surface area (Å²) in [5.41, 5.74) is 0.825. The molecule has 1 aromatic carbocycles. The van der Waals surface area contributed by atoms with Gasteiger partial charge in [-0.3, -0.25) is 14.6 Å². The minimum atomic E-state index is -0.368. The lowest BCUT2D eigenvalue weighted by molar-refractivity contribution is -0.150. The molecule has 3 aliphatic heterocycles. The van der Waals surface area contributed by atoms with Crippen LogP contribution in [0.2, 0.25) is 10.0 Å². The Morgan fingerprint density at radius 2 is 1.73 bits per heavy atom. The number of halogens is 2. The van der Waals surface area contributed by atoms with E-state index in [2.05, 4.69) is 4.90 Å². The summed E-state index contributed by atoms with van der Waals surface area (Å²) in [5.74, 6) is 0.0269. The Bertz CT molecular complexity index is 802. The lowest BCUT2D eigenvalue weighted by Gasteiger charge is -2.53. The zero-order valence-corrected chi connectivity index (χ0v) is 18.6. The highest BCUT2D eigenvalue weighted by molar-refractivity contribution is 6.42. The molecular formula is C21H27Cl2N3O4. The van der Waals surface area contributed by atoms with E-state index in [-0.39, 0.29) is 36.5 Å². The molecule has 0 bridgehead atoms. The number of methoxy groups -OCH3 is 1. The molecular weight excluding hydrogens is 429 g/mol. The average molecular weight is 456 g/mol. The molecule has 1 unspecified atom stereocenters. The molecule has 0 aliphatic carbocycles. The molecule has 3 saturated heterocycles. The van der Waals surface area contributed by atoms with Crippen LogP contribution in [0.3, 0.4) is 0 Å². The third-order valence-corrected chi connectivity index (χ3v) is 7.13. The molecule has 2 amide bonds. The van der Waals surface area contributed by atoms with Crippen LogP contribution in [0.1, 0.15) is 18.4 Å². The lowest BCUT2D eigenvalue weighted by atomic mass is 9.91. The molecule has 4 rings (SSSR count). The Morgan fingerprint density at radius 3 is 2.43 bits per heavy atom. The topological polar surface area (TPSA) is 62.3 Å². The number of ether oxygens (including phenoxy) is 2. The number of carbonyl (C=O) groups is 2. The predicted octanol–water partition coefficient (Wildman–Crippen LogP) is 2.68. The van der Waals surface area contributed by atoms with Gasteiger partial charge in [0.15, 0.2) is 0 Å². The van der Waals surface area contributed by atoms with E-state index < -0.39 is 0 Å². The number of likely N-dealkylation sites (tertiary alicyclic amines) is 1. The fourth-order valence-corrected chi connectivity index (χ4v) is 5.26. The summed E-state index contributed by atoms with van der Waals surface area (Å²) in [7, 11) is 1.39. The number of rotatable bonds is 3. The molecule has 7 nitrogen and oxygen atoms in total. The predicted molar refractivity (Wildman–Crippen MR) is 114 cm³/mol. The van der Waals surface area contributed by atoms with Crippen LogP contribution in [0.4, 0.5) is 4.79 Å².